The Labute approximate surface area is 156 Å². The molecule has 0 aliphatic rings. The molecule has 5 heteroatoms. The zero-order chi connectivity index (χ0) is 19.0. The minimum absolute atomic E-state index is 0.0737. The van der Waals surface area contributed by atoms with Gasteiger partial charge in [-0.2, -0.15) is 4.98 Å². The van der Waals surface area contributed by atoms with Crippen LogP contribution in [-0.4, -0.2) is 22.6 Å². The summed E-state index contributed by atoms with van der Waals surface area (Å²) in [4.78, 5) is 16.3. The van der Waals surface area contributed by atoms with E-state index in [9.17, 15) is 4.79 Å². The molecule has 1 aromatic heterocycles. The maximum absolute atomic E-state index is 11.9. The lowest BCUT2D eigenvalue weighted by Crippen LogP contribution is -2.25. The number of aromatic nitrogens is 2. The quantitative estimate of drug-likeness (QED) is 0.736. The summed E-state index contributed by atoms with van der Waals surface area (Å²) in [6.07, 6.45) is 4.54. The predicted molar refractivity (Wildman–Crippen MR) is 103 cm³/mol. The Hall–Kier alpha value is -2.17. The molecule has 0 saturated heterocycles. The van der Waals surface area contributed by atoms with Crippen molar-refractivity contribution in [1.82, 2.24) is 15.5 Å². The third kappa shape index (κ3) is 6.62. The maximum atomic E-state index is 11.9. The van der Waals surface area contributed by atoms with Crippen LogP contribution in [0, 0.1) is 0 Å². The fraction of sp³-hybridized carbons (Fsp3) is 0.571. The van der Waals surface area contributed by atoms with Gasteiger partial charge >= 0.3 is 0 Å². The second kappa shape index (κ2) is 9.51. The summed E-state index contributed by atoms with van der Waals surface area (Å²) in [7, 11) is 0. The lowest BCUT2D eigenvalue weighted by molar-refractivity contribution is -0.121. The topological polar surface area (TPSA) is 68.0 Å². The van der Waals surface area contributed by atoms with Gasteiger partial charge in [0.25, 0.3) is 0 Å². The Bertz CT molecular complexity index is 684. The third-order valence-electron chi connectivity index (χ3n) is 4.33. The molecule has 0 bridgehead atoms. The number of benzene rings is 1. The van der Waals surface area contributed by atoms with Crippen molar-refractivity contribution in [3.63, 3.8) is 0 Å². The van der Waals surface area contributed by atoms with Crippen molar-refractivity contribution in [2.24, 2.45) is 0 Å². The highest BCUT2D eigenvalue weighted by molar-refractivity contribution is 5.75. The minimum Gasteiger partial charge on any atom is -0.356 e. The Morgan fingerprint density at radius 1 is 1.12 bits per heavy atom. The molecule has 1 aromatic carbocycles. The molecule has 2 rings (SSSR count). The van der Waals surface area contributed by atoms with Crippen molar-refractivity contribution < 1.29 is 9.32 Å². The molecule has 0 aliphatic carbocycles. The lowest BCUT2D eigenvalue weighted by atomic mass is 9.86. The van der Waals surface area contributed by atoms with Gasteiger partial charge in [0.15, 0.2) is 5.82 Å². The molecule has 1 heterocycles. The number of aryl methyl sites for hydroxylation is 2. The molecular formula is C21H31N3O2. The molecule has 1 amide bonds. The van der Waals surface area contributed by atoms with E-state index < -0.39 is 0 Å². The van der Waals surface area contributed by atoms with E-state index in [-0.39, 0.29) is 11.3 Å². The number of carbonyl (C=O) groups is 1. The first kappa shape index (κ1) is 20.1. The van der Waals surface area contributed by atoms with E-state index in [1.54, 1.807) is 0 Å². The second-order valence-electron chi connectivity index (χ2n) is 7.75. The molecule has 142 valence electrons. The molecule has 0 atom stereocenters. The number of nitrogens with zero attached hydrogens (tertiary/aromatic N) is 2. The summed E-state index contributed by atoms with van der Waals surface area (Å²) in [5.41, 5.74) is 2.74. The largest absolute Gasteiger partial charge is 0.356 e. The fourth-order valence-corrected chi connectivity index (χ4v) is 2.72. The van der Waals surface area contributed by atoms with E-state index in [1.807, 2.05) is 0 Å². The van der Waals surface area contributed by atoms with E-state index in [2.05, 4.69) is 67.4 Å². The number of carbonyl (C=O) groups excluding carboxylic acids is 1. The van der Waals surface area contributed by atoms with Crippen LogP contribution >= 0.6 is 0 Å². The summed E-state index contributed by atoms with van der Waals surface area (Å²) in [6.45, 7) is 9.37. The second-order valence-corrected chi connectivity index (χ2v) is 7.75. The Balaban J connectivity index is 1.64. The molecule has 26 heavy (non-hydrogen) atoms. The number of rotatable bonds is 9. The van der Waals surface area contributed by atoms with Crippen LogP contribution in [-0.2, 0) is 29.5 Å². The monoisotopic (exact) mass is 357 g/mol. The zero-order valence-electron chi connectivity index (χ0n) is 16.5. The lowest BCUT2D eigenvalue weighted by Gasteiger charge is -2.19. The molecule has 1 N–H and O–H groups in total. The van der Waals surface area contributed by atoms with E-state index in [0.717, 1.165) is 31.5 Å². The average Bonchev–Trinajstić information content (AvgIpc) is 3.02. The van der Waals surface area contributed by atoms with Gasteiger partial charge in [-0.15, -0.1) is 0 Å². The highest BCUT2D eigenvalue weighted by atomic mass is 16.5. The zero-order valence-corrected chi connectivity index (χ0v) is 16.5. The minimum atomic E-state index is 0.0737. The highest BCUT2D eigenvalue weighted by Gasteiger charge is 2.12. The highest BCUT2D eigenvalue weighted by Crippen LogP contribution is 2.22. The summed E-state index contributed by atoms with van der Waals surface area (Å²) >= 11 is 0. The van der Waals surface area contributed by atoms with Gasteiger partial charge in [0.2, 0.25) is 11.8 Å². The molecular weight excluding hydrogens is 326 g/mol. The van der Waals surface area contributed by atoms with Gasteiger partial charge in [0.05, 0.1) is 0 Å². The van der Waals surface area contributed by atoms with Gasteiger partial charge in [-0.3, -0.25) is 4.79 Å². The first-order valence-electron chi connectivity index (χ1n) is 9.56. The van der Waals surface area contributed by atoms with Crippen LogP contribution in [0.25, 0.3) is 0 Å². The van der Waals surface area contributed by atoms with E-state index in [4.69, 9.17) is 4.52 Å². The van der Waals surface area contributed by atoms with Gasteiger partial charge in [0.1, 0.15) is 0 Å². The third-order valence-corrected chi connectivity index (χ3v) is 4.33. The first-order chi connectivity index (χ1) is 12.4. The number of hydrogen-bond donors (Lipinski definition) is 1. The van der Waals surface area contributed by atoms with Crippen LogP contribution in [0.15, 0.2) is 28.8 Å². The smallest absolute Gasteiger partial charge is 0.226 e. The number of hydrogen-bond acceptors (Lipinski definition) is 4. The summed E-state index contributed by atoms with van der Waals surface area (Å²) in [6, 6.07) is 8.65. The SMILES string of the molecule is CCCc1noc(CCCC(=O)NCCc2ccc(C(C)(C)C)cc2)n1. The molecule has 0 spiro atoms. The Morgan fingerprint density at radius 3 is 2.50 bits per heavy atom. The van der Waals surface area contributed by atoms with Crippen molar-refractivity contribution in [2.45, 2.75) is 71.6 Å². The maximum Gasteiger partial charge on any atom is 0.226 e. The summed E-state index contributed by atoms with van der Waals surface area (Å²) in [5, 5.41) is 6.90. The summed E-state index contributed by atoms with van der Waals surface area (Å²) < 4.78 is 5.18. The number of nitrogens with one attached hydrogen (secondary N) is 1. The van der Waals surface area contributed by atoms with Crippen LogP contribution in [0.4, 0.5) is 0 Å². The van der Waals surface area contributed by atoms with E-state index in [1.165, 1.54) is 11.1 Å². The van der Waals surface area contributed by atoms with Crippen LogP contribution in [0.1, 0.15) is 69.8 Å². The number of amides is 1. The van der Waals surface area contributed by atoms with Gasteiger partial charge in [-0.1, -0.05) is 57.1 Å². The average molecular weight is 357 g/mol. The molecule has 0 aliphatic heterocycles. The standard InChI is InChI=1S/C21H31N3O2/c1-5-7-18-23-20(26-24-18)9-6-8-19(25)22-15-14-16-10-12-17(13-11-16)21(2,3)4/h10-13H,5-9,14-15H2,1-4H3,(H,22,25). The van der Waals surface area contributed by atoms with Crippen LogP contribution in [0.2, 0.25) is 0 Å². The molecule has 0 radical (unpaired) electrons. The van der Waals surface area contributed by atoms with E-state index in [0.29, 0.717) is 25.3 Å². The summed E-state index contributed by atoms with van der Waals surface area (Å²) in [5.74, 6) is 1.45. The first-order valence-corrected chi connectivity index (χ1v) is 9.56. The van der Waals surface area contributed by atoms with Gasteiger partial charge in [0, 0.05) is 25.8 Å². The Kier molecular flexibility index (Phi) is 7.37. The molecule has 5 nitrogen and oxygen atoms in total. The molecule has 0 fully saturated rings. The van der Waals surface area contributed by atoms with Crippen molar-refractivity contribution in [3.8, 4) is 0 Å². The van der Waals surface area contributed by atoms with E-state index >= 15 is 0 Å². The van der Waals surface area contributed by atoms with Crippen molar-refractivity contribution in [1.29, 1.82) is 0 Å². The fourth-order valence-electron chi connectivity index (χ4n) is 2.72. The van der Waals surface area contributed by atoms with Crippen molar-refractivity contribution in [3.05, 3.63) is 47.1 Å². The predicted octanol–water partition coefficient (Wildman–Crippen LogP) is 4.00. The molecule has 0 unspecified atom stereocenters. The molecule has 2 aromatic rings. The van der Waals surface area contributed by atoms with Gasteiger partial charge in [-0.05, 0) is 35.8 Å². The van der Waals surface area contributed by atoms with Crippen molar-refractivity contribution in [2.75, 3.05) is 6.54 Å². The Morgan fingerprint density at radius 2 is 1.85 bits per heavy atom. The normalized spacial score (nSPS) is 11.5. The van der Waals surface area contributed by atoms with Crippen LogP contribution < -0.4 is 5.32 Å². The van der Waals surface area contributed by atoms with Gasteiger partial charge in [-0.25, -0.2) is 0 Å². The van der Waals surface area contributed by atoms with Gasteiger partial charge < -0.3 is 9.84 Å². The molecule has 0 saturated carbocycles. The van der Waals surface area contributed by atoms with Crippen LogP contribution in [0.5, 0.6) is 0 Å². The van der Waals surface area contributed by atoms with Crippen LogP contribution in [0.3, 0.4) is 0 Å². The van der Waals surface area contributed by atoms with Crippen molar-refractivity contribution >= 4 is 5.91 Å².